The van der Waals surface area contributed by atoms with Gasteiger partial charge in [-0.25, -0.2) is 15.0 Å². The van der Waals surface area contributed by atoms with E-state index in [2.05, 4.69) is 54.8 Å². The summed E-state index contributed by atoms with van der Waals surface area (Å²) >= 11 is 0. The highest BCUT2D eigenvalue weighted by molar-refractivity contribution is 5.95. The summed E-state index contributed by atoms with van der Waals surface area (Å²) in [7, 11) is 0. The Bertz CT molecular complexity index is 1180. The van der Waals surface area contributed by atoms with E-state index in [1.165, 1.54) is 11.1 Å². The summed E-state index contributed by atoms with van der Waals surface area (Å²) in [5.74, 6) is 1.54. The van der Waals surface area contributed by atoms with Crippen molar-refractivity contribution in [2.45, 2.75) is 44.9 Å². The first kappa shape index (κ1) is 23.4. The van der Waals surface area contributed by atoms with E-state index in [0.717, 1.165) is 62.2 Å². The van der Waals surface area contributed by atoms with Crippen LogP contribution in [0.3, 0.4) is 0 Å². The van der Waals surface area contributed by atoms with Crippen molar-refractivity contribution in [3.63, 3.8) is 0 Å². The third kappa shape index (κ3) is 5.52. The van der Waals surface area contributed by atoms with Gasteiger partial charge in [-0.05, 0) is 36.5 Å². The SMILES string of the molecule is CC(=O)N1CCC(Nc2ncnc3c(NCC(O)CN4CCc5ccccc5C4)nccc23)CC1. The molecule has 1 aromatic carbocycles. The van der Waals surface area contributed by atoms with Gasteiger partial charge in [-0.2, -0.15) is 0 Å². The normalized spacial score (nSPS) is 17.7. The van der Waals surface area contributed by atoms with Crippen molar-refractivity contribution in [2.24, 2.45) is 0 Å². The molecule has 2 aromatic heterocycles. The third-order valence-electron chi connectivity index (χ3n) is 7.02. The minimum atomic E-state index is -0.525. The van der Waals surface area contributed by atoms with E-state index in [1.54, 1.807) is 19.4 Å². The predicted molar refractivity (Wildman–Crippen MR) is 136 cm³/mol. The number of hydrogen-bond donors (Lipinski definition) is 3. The van der Waals surface area contributed by atoms with Gasteiger partial charge in [0.2, 0.25) is 5.91 Å². The molecule has 184 valence electrons. The standard InChI is InChI=1S/C26H33N7O2/c1-18(34)33-12-8-21(9-13-33)31-25-23-6-10-27-26(24(23)29-17-30-25)28-14-22(35)16-32-11-7-19-4-2-3-5-20(19)15-32/h2-6,10,17,21-22,35H,7-9,11-16H2,1H3,(H,27,28)(H,29,30,31). The van der Waals surface area contributed by atoms with Gasteiger partial charge in [0, 0.05) is 63.8 Å². The molecule has 2 aliphatic heterocycles. The number of anilines is 2. The van der Waals surface area contributed by atoms with Crippen LogP contribution in [-0.4, -0.2) is 80.6 Å². The monoisotopic (exact) mass is 475 g/mol. The average Bonchev–Trinajstić information content (AvgIpc) is 2.88. The zero-order chi connectivity index (χ0) is 24.2. The number of hydrogen-bond acceptors (Lipinski definition) is 8. The maximum atomic E-state index is 11.6. The summed E-state index contributed by atoms with van der Waals surface area (Å²) in [6.07, 6.45) is 5.54. The first-order chi connectivity index (χ1) is 17.1. The number of nitrogens with zero attached hydrogens (tertiary/aromatic N) is 5. The molecule has 3 aromatic rings. The predicted octanol–water partition coefficient (Wildman–Crippen LogP) is 2.28. The molecule has 0 bridgehead atoms. The number of fused-ring (bicyclic) bond motifs is 2. The number of pyridine rings is 1. The van der Waals surface area contributed by atoms with E-state index in [4.69, 9.17) is 0 Å². The summed E-state index contributed by atoms with van der Waals surface area (Å²) in [6, 6.07) is 10.7. The number of amides is 1. The molecule has 2 aliphatic rings. The van der Waals surface area contributed by atoms with Gasteiger partial charge < -0.3 is 20.6 Å². The number of rotatable bonds is 7. The number of likely N-dealkylation sites (tertiary alicyclic amines) is 1. The van der Waals surface area contributed by atoms with Crippen molar-refractivity contribution >= 4 is 28.4 Å². The van der Waals surface area contributed by atoms with Gasteiger partial charge in [0.15, 0.2) is 5.82 Å². The second kappa shape index (κ2) is 10.5. The Hall–Kier alpha value is -3.30. The summed E-state index contributed by atoms with van der Waals surface area (Å²) in [6.45, 7) is 5.94. The van der Waals surface area contributed by atoms with Crippen molar-refractivity contribution in [1.82, 2.24) is 24.8 Å². The van der Waals surface area contributed by atoms with Gasteiger partial charge in [-0.15, -0.1) is 0 Å². The average molecular weight is 476 g/mol. The summed E-state index contributed by atoms with van der Waals surface area (Å²) in [4.78, 5) is 29.2. The fourth-order valence-electron chi connectivity index (χ4n) is 5.05. The third-order valence-corrected chi connectivity index (χ3v) is 7.02. The second-order valence-electron chi connectivity index (χ2n) is 9.49. The van der Waals surface area contributed by atoms with Crippen LogP contribution in [0.2, 0.25) is 0 Å². The Balaban J connectivity index is 1.20. The van der Waals surface area contributed by atoms with Crippen LogP contribution >= 0.6 is 0 Å². The van der Waals surface area contributed by atoms with Crippen molar-refractivity contribution in [1.29, 1.82) is 0 Å². The Morgan fingerprint density at radius 1 is 1.09 bits per heavy atom. The number of aromatic nitrogens is 3. The Morgan fingerprint density at radius 3 is 2.69 bits per heavy atom. The number of benzene rings is 1. The van der Waals surface area contributed by atoms with Crippen LogP contribution in [0.5, 0.6) is 0 Å². The highest BCUT2D eigenvalue weighted by Gasteiger charge is 2.22. The molecule has 9 heteroatoms. The topological polar surface area (TPSA) is 107 Å². The molecule has 0 spiro atoms. The van der Waals surface area contributed by atoms with Crippen LogP contribution in [0.25, 0.3) is 10.9 Å². The molecule has 0 radical (unpaired) electrons. The smallest absolute Gasteiger partial charge is 0.219 e. The molecule has 4 heterocycles. The van der Waals surface area contributed by atoms with Gasteiger partial charge >= 0.3 is 0 Å². The minimum Gasteiger partial charge on any atom is -0.390 e. The number of carbonyl (C=O) groups is 1. The zero-order valence-electron chi connectivity index (χ0n) is 20.2. The van der Waals surface area contributed by atoms with Crippen LogP contribution < -0.4 is 10.6 Å². The largest absolute Gasteiger partial charge is 0.390 e. The Labute approximate surface area is 205 Å². The van der Waals surface area contributed by atoms with E-state index in [-0.39, 0.29) is 11.9 Å². The lowest BCUT2D eigenvalue weighted by atomic mass is 10.00. The number of piperidine rings is 1. The second-order valence-corrected chi connectivity index (χ2v) is 9.49. The van der Waals surface area contributed by atoms with E-state index < -0.39 is 6.10 Å². The minimum absolute atomic E-state index is 0.130. The lowest BCUT2D eigenvalue weighted by Crippen LogP contribution is -2.41. The molecule has 0 aliphatic carbocycles. The van der Waals surface area contributed by atoms with Gasteiger partial charge in [0.1, 0.15) is 17.7 Å². The molecule has 35 heavy (non-hydrogen) atoms. The first-order valence-corrected chi connectivity index (χ1v) is 12.4. The molecule has 3 N–H and O–H groups in total. The van der Waals surface area contributed by atoms with Crippen molar-refractivity contribution in [3.8, 4) is 0 Å². The number of nitrogens with one attached hydrogen (secondary N) is 2. The van der Waals surface area contributed by atoms with Crippen LogP contribution in [0.4, 0.5) is 11.6 Å². The van der Waals surface area contributed by atoms with Crippen LogP contribution in [-0.2, 0) is 17.8 Å². The van der Waals surface area contributed by atoms with Gasteiger partial charge in [-0.3, -0.25) is 9.69 Å². The molecular weight excluding hydrogens is 442 g/mol. The number of β-amino-alcohol motifs (C(OH)–C–C–N with tert-alkyl or cyclic N) is 1. The Kier molecular flexibility index (Phi) is 7.06. The molecule has 1 amide bonds. The molecule has 0 saturated carbocycles. The van der Waals surface area contributed by atoms with E-state index in [1.807, 2.05) is 11.0 Å². The number of aliphatic hydroxyl groups excluding tert-OH is 1. The number of aliphatic hydroxyl groups is 1. The summed E-state index contributed by atoms with van der Waals surface area (Å²) in [5.41, 5.74) is 3.48. The van der Waals surface area contributed by atoms with Crippen molar-refractivity contribution in [2.75, 3.05) is 43.4 Å². The van der Waals surface area contributed by atoms with Crippen LogP contribution in [0, 0.1) is 0 Å². The highest BCUT2D eigenvalue weighted by Crippen LogP contribution is 2.26. The molecule has 1 atom stereocenters. The lowest BCUT2D eigenvalue weighted by Gasteiger charge is -2.32. The van der Waals surface area contributed by atoms with Crippen LogP contribution in [0.15, 0.2) is 42.9 Å². The first-order valence-electron chi connectivity index (χ1n) is 12.4. The van der Waals surface area contributed by atoms with Crippen LogP contribution in [0.1, 0.15) is 30.9 Å². The molecule has 1 fully saturated rings. The zero-order valence-corrected chi connectivity index (χ0v) is 20.2. The molecule has 9 nitrogen and oxygen atoms in total. The fraction of sp³-hybridized carbons (Fsp3) is 0.462. The quantitative estimate of drug-likeness (QED) is 0.478. The Morgan fingerprint density at radius 2 is 1.89 bits per heavy atom. The summed E-state index contributed by atoms with van der Waals surface area (Å²) in [5, 5.41) is 18.4. The summed E-state index contributed by atoms with van der Waals surface area (Å²) < 4.78 is 0. The number of carbonyl (C=O) groups excluding carboxylic acids is 1. The van der Waals surface area contributed by atoms with E-state index >= 15 is 0 Å². The molecule has 5 rings (SSSR count). The molecule has 1 saturated heterocycles. The van der Waals surface area contributed by atoms with E-state index in [0.29, 0.717) is 18.9 Å². The van der Waals surface area contributed by atoms with Gasteiger partial charge in [0.05, 0.1) is 6.10 Å². The molecule has 1 unspecified atom stereocenters. The van der Waals surface area contributed by atoms with Gasteiger partial charge in [0.25, 0.3) is 0 Å². The lowest BCUT2D eigenvalue weighted by molar-refractivity contribution is -0.129. The molecular formula is C26H33N7O2. The van der Waals surface area contributed by atoms with Crippen molar-refractivity contribution in [3.05, 3.63) is 54.0 Å². The maximum absolute atomic E-state index is 11.6. The van der Waals surface area contributed by atoms with Gasteiger partial charge in [-0.1, -0.05) is 24.3 Å². The maximum Gasteiger partial charge on any atom is 0.219 e. The fourth-order valence-corrected chi connectivity index (χ4v) is 5.05. The van der Waals surface area contributed by atoms with E-state index in [9.17, 15) is 9.90 Å². The highest BCUT2D eigenvalue weighted by atomic mass is 16.3. The van der Waals surface area contributed by atoms with Crippen molar-refractivity contribution < 1.29 is 9.90 Å².